The van der Waals surface area contributed by atoms with E-state index in [0.717, 1.165) is 24.0 Å². The Morgan fingerprint density at radius 3 is 2.50 bits per heavy atom. The molecule has 0 atom stereocenters. The average molecular weight is 250 g/mol. The topological polar surface area (TPSA) is 46.5 Å². The summed E-state index contributed by atoms with van der Waals surface area (Å²) in [5, 5.41) is 9.82. The van der Waals surface area contributed by atoms with Crippen molar-refractivity contribution in [1.82, 2.24) is 0 Å². The molecule has 1 N–H and O–H groups in total. The van der Waals surface area contributed by atoms with Crippen molar-refractivity contribution in [3.63, 3.8) is 0 Å². The molecule has 0 unspecified atom stereocenters. The molecule has 0 aliphatic carbocycles. The fourth-order valence-corrected chi connectivity index (χ4v) is 1.74. The van der Waals surface area contributed by atoms with E-state index in [2.05, 4.69) is 6.92 Å². The number of carbonyl (C=O) groups is 1. The molecular weight excluding hydrogens is 228 g/mol. The molecule has 100 valence electrons. The molecule has 0 saturated heterocycles. The van der Waals surface area contributed by atoms with Gasteiger partial charge in [-0.05, 0) is 44.4 Å². The zero-order valence-corrected chi connectivity index (χ0v) is 11.6. The number of hydrogen-bond acceptors (Lipinski definition) is 3. The summed E-state index contributed by atoms with van der Waals surface area (Å²) in [5.41, 5.74) is 1.23. The molecule has 1 aromatic carbocycles. The Morgan fingerprint density at radius 2 is 2.00 bits per heavy atom. The minimum atomic E-state index is -0.471. The zero-order chi connectivity index (χ0) is 13.8. The van der Waals surface area contributed by atoms with Gasteiger partial charge in [-0.2, -0.15) is 0 Å². The van der Waals surface area contributed by atoms with Crippen LogP contribution in [0.5, 0.6) is 5.75 Å². The average Bonchev–Trinajstić information content (AvgIpc) is 2.19. The Balaban J connectivity index is 2.69. The molecule has 3 heteroatoms. The number of aromatic hydroxyl groups is 1. The van der Waals surface area contributed by atoms with E-state index in [1.54, 1.807) is 6.07 Å². The van der Waals surface area contributed by atoms with E-state index in [-0.39, 0.29) is 18.1 Å². The third kappa shape index (κ3) is 4.78. The lowest BCUT2D eigenvalue weighted by molar-refractivity contribution is -0.153. The monoisotopic (exact) mass is 250 g/mol. The van der Waals surface area contributed by atoms with Gasteiger partial charge in [0.05, 0.1) is 6.42 Å². The molecule has 0 radical (unpaired) electrons. The Morgan fingerprint density at radius 1 is 1.33 bits per heavy atom. The van der Waals surface area contributed by atoms with E-state index in [1.165, 1.54) is 0 Å². The maximum Gasteiger partial charge on any atom is 0.310 e. The number of carbonyl (C=O) groups excluding carboxylic acids is 1. The second-order valence-electron chi connectivity index (χ2n) is 5.48. The molecule has 0 fully saturated rings. The van der Waals surface area contributed by atoms with Gasteiger partial charge in [0.2, 0.25) is 0 Å². The Hall–Kier alpha value is -1.51. The fourth-order valence-electron chi connectivity index (χ4n) is 1.74. The third-order valence-electron chi connectivity index (χ3n) is 2.44. The molecule has 1 aromatic rings. The lowest BCUT2D eigenvalue weighted by Crippen LogP contribution is -2.24. The van der Waals surface area contributed by atoms with Crippen LogP contribution in [0.25, 0.3) is 0 Å². The SMILES string of the molecule is CCCc1ccc(CC(=O)OC(C)(C)C)cc1O. The highest BCUT2D eigenvalue weighted by atomic mass is 16.6. The van der Waals surface area contributed by atoms with Crippen LogP contribution in [0.15, 0.2) is 18.2 Å². The summed E-state index contributed by atoms with van der Waals surface area (Å²) in [5.74, 6) is -0.0111. The van der Waals surface area contributed by atoms with E-state index in [4.69, 9.17) is 4.74 Å². The predicted octanol–water partition coefficient (Wildman–Crippen LogP) is 3.23. The molecular formula is C15H22O3. The van der Waals surface area contributed by atoms with Crippen molar-refractivity contribution in [3.05, 3.63) is 29.3 Å². The van der Waals surface area contributed by atoms with Crippen LogP contribution >= 0.6 is 0 Å². The second-order valence-corrected chi connectivity index (χ2v) is 5.48. The van der Waals surface area contributed by atoms with Crippen molar-refractivity contribution in [3.8, 4) is 5.75 Å². The van der Waals surface area contributed by atoms with Crippen molar-refractivity contribution in [2.45, 2.75) is 52.6 Å². The second kappa shape index (κ2) is 5.89. The summed E-state index contributed by atoms with van der Waals surface area (Å²) in [6.45, 7) is 7.58. The minimum Gasteiger partial charge on any atom is -0.508 e. The van der Waals surface area contributed by atoms with Gasteiger partial charge in [0.15, 0.2) is 0 Å². The summed E-state index contributed by atoms with van der Waals surface area (Å²) < 4.78 is 5.24. The molecule has 0 amide bonds. The van der Waals surface area contributed by atoms with Crippen molar-refractivity contribution in [2.75, 3.05) is 0 Å². The highest BCUT2D eigenvalue weighted by Crippen LogP contribution is 2.21. The summed E-state index contributed by atoms with van der Waals surface area (Å²) in [7, 11) is 0. The van der Waals surface area contributed by atoms with E-state index < -0.39 is 5.60 Å². The number of aryl methyl sites for hydroxylation is 1. The molecule has 0 bridgehead atoms. The van der Waals surface area contributed by atoms with Crippen LogP contribution in [0.3, 0.4) is 0 Å². The van der Waals surface area contributed by atoms with Crippen LogP contribution in [0.2, 0.25) is 0 Å². The van der Waals surface area contributed by atoms with Gasteiger partial charge in [0.25, 0.3) is 0 Å². The highest BCUT2D eigenvalue weighted by Gasteiger charge is 2.16. The lowest BCUT2D eigenvalue weighted by atomic mass is 10.0. The smallest absolute Gasteiger partial charge is 0.310 e. The van der Waals surface area contributed by atoms with Gasteiger partial charge in [0, 0.05) is 0 Å². The minimum absolute atomic E-state index is 0.192. The number of hydrogen-bond donors (Lipinski definition) is 1. The maximum atomic E-state index is 11.6. The Kier molecular flexibility index (Phi) is 4.76. The van der Waals surface area contributed by atoms with Crippen LogP contribution in [0.1, 0.15) is 45.2 Å². The number of ether oxygens (including phenoxy) is 1. The van der Waals surface area contributed by atoms with E-state index in [1.807, 2.05) is 32.9 Å². The molecule has 18 heavy (non-hydrogen) atoms. The highest BCUT2D eigenvalue weighted by molar-refractivity contribution is 5.73. The first kappa shape index (κ1) is 14.6. The first-order valence-electron chi connectivity index (χ1n) is 6.34. The number of phenolic OH excluding ortho intramolecular Hbond substituents is 1. The molecule has 0 saturated carbocycles. The fraction of sp³-hybridized carbons (Fsp3) is 0.533. The van der Waals surface area contributed by atoms with Crippen LogP contribution < -0.4 is 0 Å². The van der Waals surface area contributed by atoms with Gasteiger partial charge in [0.1, 0.15) is 11.4 Å². The number of benzene rings is 1. The summed E-state index contributed by atoms with van der Waals surface area (Å²) >= 11 is 0. The first-order valence-corrected chi connectivity index (χ1v) is 6.34. The van der Waals surface area contributed by atoms with Crippen molar-refractivity contribution < 1.29 is 14.6 Å². The van der Waals surface area contributed by atoms with Crippen LogP contribution in [-0.2, 0) is 22.4 Å². The number of rotatable bonds is 4. The van der Waals surface area contributed by atoms with Crippen LogP contribution in [0.4, 0.5) is 0 Å². The normalized spacial score (nSPS) is 11.3. The number of phenols is 1. The van der Waals surface area contributed by atoms with Gasteiger partial charge in [-0.15, -0.1) is 0 Å². The van der Waals surface area contributed by atoms with Gasteiger partial charge in [-0.3, -0.25) is 4.79 Å². The predicted molar refractivity (Wildman–Crippen MR) is 71.7 cm³/mol. The first-order chi connectivity index (χ1) is 8.31. The molecule has 0 spiro atoms. The van der Waals surface area contributed by atoms with Crippen molar-refractivity contribution >= 4 is 5.97 Å². The molecule has 1 rings (SSSR count). The van der Waals surface area contributed by atoms with E-state index in [9.17, 15) is 9.90 Å². The maximum absolute atomic E-state index is 11.6. The van der Waals surface area contributed by atoms with Gasteiger partial charge >= 0.3 is 5.97 Å². The van der Waals surface area contributed by atoms with Crippen LogP contribution in [-0.4, -0.2) is 16.7 Å². The Bertz CT molecular complexity index is 416. The van der Waals surface area contributed by atoms with Crippen molar-refractivity contribution in [1.29, 1.82) is 0 Å². The van der Waals surface area contributed by atoms with E-state index in [0.29, 0.717) is 0 Å². The molecule has 0 heterocycles. The summed E-state index contributed by atoms with van der Waals surface area (Å²) in [6.07, 6.45) is 2.02. The lowest BCUT2D eigenvalue weighted by Gasteiger charge is -2.19. The summed E-state index contributed by atoms with van der Waals surface area (Å²) in [4.78, 5) is 11.6. The molecule has 0 aliphatic rings. The van der Waals surface area contributed by atoms with Crippen LogP contribution in [0, 0.1) is 0 Å². The van der Waals surface area contributed by atoms with E-state index >= 15 is 0 Å². The summed E-state index contributed by atoms with van der Waals surface area (Å²) in [6, 6.07) is 5.39. The largest absolute Gasteiger partial charge is 0.508 e. The molecule has 3 nitrogen and oxygen atoms in total. The van der Waals surface area contributed by atoms with Crippen molar-refractivity contribution in [2.24, 2.45) is 0 Å². The molecule has 0 aromatic heterocycles. The Labute approximate surface area is 109 Å². The van der Waals surface area contributed by atoms with Gasteiger partial charge in [-0.25, -0.2) is 0 Å². The third-order valence-corrected chi connectivity index (χ3v) is 2.44. The quantitative estimate of drug-likeness (QED) is 0.834. The zero-order valence-electron chi connectivity index (χ0n) is 11.6. The van der Waals surface area contributed by atoms with Gasteiger partial charge < -0.3 is 9.84 Å². The number of esters is 1. The van der Waals surface area contributed by atoms with Gasteiger partial charge in [-0.1, -0.05) is 25.5 Å². The molecule has 0 aliphatic heterocycles. The standard InChI is InChI=1S/C15H22O3/c1-5-6-12-8-7-11(9-13(12)16)10-14(17)18-15(2,3)4/h7-9,16H,5-6,10H2,1-4H3.